The van der Waals surface area contributed by atoms with Crippen LogP contribution in [0.4, 0.5) is 0 Å². The van der Waals surface area contributed by atoms with Gasteiger partial charge in [-0.3, -0.25) is 4.79 Å². The first-order valence-corrected chi connectivity index (χ1v) is 4.04. The van der Waals surface area contributed by atoms with Crippen LogP contribution in [-0.4, -0.2) is 25.0 Å². The first kappa shape index (κ1) is 12.2. The van der Waals surface area contributed by atoms with Crippen molar-refractivity contribution in [3.8, 4) is 6.07 Å². The van der Waals surface area contributed by atoms with Crippen LogP contribution in [0.15, 0.2) is 12.2 Å². The first-order valence-electron chi connectivity index (χ1n) is 4.04. The molecule has 5 heteroatoms. The van der Waals surface area contributed by atoms with Gasteiger partial charge in [-0.25, -0.2) is 4.79 Å². The normalized spacial score (nSPS) is 8.57. The van der Waals surface area contributed by atoms with Crippen LogP contribution in [0.1, 0.15) is 14.8 Å². The van der Waals surface area contributed by atoms with E-state index in [1.807, 2.05) is 0 Å². The average molecular weight is 198 g/mol. The summed E-state index contributed by atoms with van der Waals surface area (Å²) in [7, 11) is 0. The third-order valence-electron chi connectivity index (χ3n) is 1.25. The fraction of sp³-hybridized carbons (Fsp3) is 0.444. The molecule has 0 heterocycles. The highest BCUT2D eigenvalue weighted by atomic mass is 16.5. The molecule has 0 aromatic carbocycles. The van der Waals surface area contributed by atoms with Gasteiger partial charge in [0.1, 0.15) is 13.0 Å². The summed E-state index contributed by atoms with van der Waals surface area (Å²) >= 11 is 0. The summed E-state index contributed by atoms with van der Waals surface area (Å²) in [5.74, 6) is -0.863. The lowest BCUT2D eigenvalue weighted by molar-refractivity contribution is -0.139. The maximum absolute atomic E-state index is 10.8. The lowest BCUT2D eigenvalue weighted by Gasteiger charge is -2.04. The first-order chi connectivity index (χ1) is 6.57. The van der Waals surface area contributed by atoms with Crippen molar-refractivity contribution in [1.29, 1.82) is 5.26 Å². The van der Waals surface area contributed by atoms with Crippen molar-refractivity contribution < 1.29 is 15.8 Å². The largest absolute Gasteiger partial charge is 0.460 e. The number of nitriles is 1. The van der Waals surface area contributed by atoms with E-state index in [9.17, 15) is 9.59 Å². The van der Waals surface area contributed by atoms with E-state index >= 15 is 0 Å². The number of rotatable bonds is 5. The Hall–Kier alpha value is -1.83. The van der Waals surface area contributed by atoms with Crippen molar-refractivity contribution in [1.82, 2.24) is 5.32 Å². The van der Waals surface area contributed by atoms with Crippen LogP contribution in [0.25, 0.3) is 0 Å². The molecule has 78 valence electrons. The molecule has 0 aromatic heterocycles. The van der Waals surface area contributed by atoms with E-state index in [4.69, 9.17) is 10.00 Å². The van der Waals surface area contributed by atoms with Crippen LogP contribution < -0.4 is 5.32 Å². The molecule has 0 saturated heterocycles. The average Bonchev–Trinajstić information content (AvgIpc) is 2.12. The van der Waals surface area contributed by atoms with Crippen LogP contribution in [-0.2, 0) is 14.3 Å². The van der Waals surface area contributed by atoms with E-state index in [2.05, 4.69) is 11.9 Å². The molecule has 0 unspecified atom stereocenters. The van der Waals surface area contributed by atoms with Crippen molar-refractivity contribution in [2.75, 3.05) is 13.2 Å². The second kappa shape index (κ2) is 6.66. The molecule has 0 rings (SSSR count). The van der Waals surface area contributed by atoms with Crippen molar-refractivity contribution in [2.24, 2.45) is 0 Å². The van der Waals surface area contributed by atoms with E-state index in [-0.39, 0.29) is 26.9 Å². The molecule has 0 radical (unpaired) electrons. The van der Waals surface area contributed by atoms with Gasteiger partial charge in [-0.05, 0) is 6.92 Å². The minimum Gasteiger partial charge on any atom is -0.460 e. The van der Waals surface area contributed by atoms with E-state index in [1.54, 1.807) is 6.07 Å². The highest BCUT2D eigenvalue weighted by Crippen LogP contribution is 1.90. The zero-order valence-corrected chi connectivity index (χ0v) is 8.00. The molecule has 5 nitrogen and oxygen atoms in total. The molecule has 0 fully saturated rings. The number of amides is 1. The maximum atomic E-state index is 10.8. The van der Waals surface area contributed by atoms with Crippen molar-refractivity contribution in [3.05, 3.63) is 12.2 Å². The molecular formula is C9H14N2O3. The Morgan fingerprint density at radius 3 is 2.79 bits per heavy atom. The van der Waals surface area contributed by atoms with Crippen LogP contribution in [0, 0.1) is 11.3 Å². The zero-order chi connectivity index (χ0) is 11.0. The highest BCUT2D eigenvalue weighted by molar-refractivity contribution is 5.86. The number of carbonyl (C=O) groups is 2. The van der Waals surface area contributed by atoms with E-state index < -0.39 is 5.97 Å². The second-order valence-electron chi connectivity index (χ2n) is 2.60. The van der Waals surface area contributed by atoms with Gasteiger partial charge >= 0.3 is 5.97 Å². The molecular weight excluding hydrogens is 184 g/mol. The third kappa shape index (κ3) is 5.77. The van der Waals surface area contributed by atoms with Gasteiger partial charge in [0.05, 0.1) is 12.6 Å². The predicted molar refractivity (Wildman–Crippen MR) is 51.1 cm³/mol. The summed E-state index contributed by atoms with van der Waals surface area (Å²) in [6, 6.07) is 1.70. The number of esters is 1. The number of carbonyl (C=O) groups excluding carboxylic acids is 2. The quantitative estimate of drug-likeness (QED) is 0.393. The summed E-state index contributed by atoms with van der Waals surface area (Å²) in [6.07, 6.45) is -0.186. The third-order valence-corrected chi connectivity index (χ3v) is 1.25. The van der Waals surface area contributed by atoms with Crippen LogP contribution >= 0.6 is 0 Å². The molecule has 0 spiro atoms. The minimum atomic E-state index is -0.487. The molecule has 0 bridgehead atoms. The van der Waals surface area contributed by atoms with Crippen LogP contribution in [0.5, 0.6) is 0 Å². The number of hydrogen-bond acceptors (Lipinski definition) is 4. The fourth-order valence-electron chi connectivity index (χ4n) is 0.592. The molecule has 0 atom stereocenters. The minimum absolute atomic E-state index is 0. The van der Waals surface area contributed by atoms with Gasteiger partial charge in [-0.15, -0.1) is 0 Å². The summed E-state index contributed by atoms with van der Waals surface area (Å²) in [4.78, 5) is 21.6. The van der Waals surface area contributed by atoms with Gasteiger partial charge in [-0.1, -0.05) is 6.58 Å². The van der Waals surface area contributed by atoms with Crippen molar-refractivity contribution >= 4 is 11.9 Å². The molecule has 0 aliphatic carbocycles. The van der Waals surface area contributed by atoms with Gasteiger partial charge in [-0.2, -0.15) is 5.26 Å². The summed E-state index contributed by atoms with van der Waals surface area (Å²) in [5.41, 5.74) is 0.313. The Kier molecular flexibility index (Phi) is 5.79. The number of hydrogen-bond donors (Lipinski definition) is 1. The Balaban J connectivity index is 0. The monoisotopic (exact) mass is 198 g/mol. The Morgan fingerprint density at radius 2 is 2.29 bits per heavy atom. The van der Waals surface area contributed by atoms with Crippen LogP contribution in [0.2, 0.25) is 0 Å². The van der Waals surface area contributed by atoms with E-state index in [0.29, 0.717) is 5.57 Å². The van der Waals surface area contributed by atoms with E-state index in [1.165, 1.54) is 6.92 Å². The molecule has 14 heavy (non-hydrogen) atoms. The van der Waals surface area contributed by atoms with Crippen molar-refractivity contribution in [2.45, 2.75) is 13.3 Å². The van der Waals surface area contributed by atoms with Gasteiger partial charge in [0.25, 0.3) is 0 Å². The Bertz CT molecular complexity index is 284. The lowest BCUT2D eigenvalue weighted by Crippen LogP contribution is -2.27. The Morgan fingerprint density at radius 1 is 1.64 bits per heavy atom. The Labute approximate surface area is 83.8 Å². The number of nitrogens with zero attached hydrogens (tertiary/aromatic N) is 1. The van der Waals surface area contributed by atoms with Gasteiger partial charge in [0, 0.05) is 7.00 Å². The topological polar surface area (TPSA) is 79.2 Å². The molecule has 0 aromatic rings. The summed E-state index contributed by atoms with van der Waals surface area (Å²) in [6.45, 7) is 5.23. The smallest absolute Gasteiger partial charge is 0.333 e. The SMILES string of the molecule is C=C(C)C(=O)OCCNC(=O)CC#N.[HH]. The lowest BCUT2D eigenvalue weighted by atomic mass is 10.4. The maximum Gasteiger partial charge on any atom is 0.333 e. The molecule has 0 saturated carbocycles. The second-order valence-corrected chi connectivity index (χ2v) is 2.60. The fourth-order valence-corrected chi connectivity index (χ4v) is 0.592. The molecule has 1 N–H and O–H groups in total. The predicted octanol–water partition coefficient (Wildman–Crippen LogP) is 0.382. The molecule has 1 amide bonds. The van der Waals surface area contributed by atoms with Crippen LogP contribution in [0.3, 0.4) is 0 Å². The standard InChI is InChI=1S/C9H12N2O3.H2/c1-7(2)9(13)14-6-5-11-8(12)3-4-10;/h1,3,5-6H2,2H3,(H,11,12);1H. The van der Waals surface area contributed by atoms with E-state index in [0.717, 1.165) is 0 Å². The van der Waals surface area contributed by atoms with Crippen molar-refractivity contribution in [3.63, 3.8) is 0 Å². The summed E-state index contributed by atoms with van der Waals surface area (Å²) in [5, 5.41) is 10.6. The molecule has 0 aliphatic rings. The highest BCUT2D eigenvalue weighted by Gasteiger charge is 2.03. The zero-order valence-electron chi connectivity index (χ0n) is 8.00. The van der Waals surface area contributed by atoms with Gasteiger partial charge in [0.2, 0.25) is 5.91 Å². The van der Waals surface area contributed by atoms with Gasteiger partial charge < -0.3 is 10.1 Å². The number of nitrogens with one attached hydrogen (secondary N) is 1. The van der Waals surface area contributed by atoms with Gasteiger partial charge in [0.15, 0.2) is 0 Å². The number of ether oxygens (including phenoxy) is 1. The molecule has 0 aliphatic heterocycles. The summed E-state index contributed by atoms with van der Waals surface area (Å²) < 4.78 is 4.70.